The summed E-state index contributed by atoms with van der Waals surface area (Å²) < 4.78 is 38.1. The summed E-state index contributed by atoms with van der Waals surface area (Å²) in [4.78, 5) is 3.91. The van der Waals surface area contributed by atoms with Crippen molar-refractivity contribution in [3.8, 4) is 0 Å². The van der Waals surface area contributed by atoms with Crippen LogP contribution in [0, 0.1) is 16.7 Å². The molecule has 0 saturated heterocycles. The van der Waals surface area contributed by atoms with Crippen molar-refractivity contribution in [2.45, 2.75) is 33.9 Å². The minimum absolute atomic E-state index is 0.128. The van der Waals surface area contributed by atoms with E-state index in [1.54, 1.807) is 0 Å². The molecule has 20 heavy (non-hydrogen) atoms. The van der Waals surface area contributed by atoms with Crippen LogP contribution in [0.2, 0.25) is 0 Å². The smallest absolute Gasteiger partial charge is 0.384 e. The second kappa shape index (κ2) is 4.27. The van der Waals surface area contributed by atoms with Gasteiger partial charge in [0.15, 0.2) is 0 Å². The van der Waals surface area contributed by atoms with Crippen molar-refractivity contribution in [2.24, 2.45) is 16.7 Å². The van der Waals surface area contributed by atoms with E-state index in [9.17, 15) is 13.2 Å². The molecule has 0 unspecified atom stereocenters. The molecule has 6 heteroatoms. The van der Waals surface area contributed by atoms with Crippen LogP contribution in [-0.4, -0.2) is 11.5 Å². The number of hydrogen-bond acceptors (Lipinski definition) is 3. The first-order valence-corrected chi connectivity index (χ1v) is 6.55. The van der Waals surface area contributed by atoms with Crippen molar-refractivity contribution in [1.29, 1.82) is 0 Å². The zero-order valence-corrected chi connectivity index (χ0v) is 12.1. The number of nitrogens with zero attached hydrogens (tertiary/aromatic N) is 1. The number of nitrogens with two attached hydrogens (primary N) is 1. The summed E-state index contributed by atoms with van der Waals surface area (Å²) in [6, 6.07) is 1.84. The Morgan fingerprint density at radius 3 is 2.20 bits per heavy atom. The summed E-state index contributed by atoms with van der Waals surface area (Å²) in [5.74, 6) is 0.444. The van der Waals surface area contributed by atoms with Crippen LogP contribution in [0.3, 0.4) is 0 Å². The van der Waals surface area contributed by atoms with Crippen LogP contribution >= 0.6 is 0 Å². The zero-order chi connectivity index (χ0) is 15.3. The number of pyridine rings is 1. The average Bonchev–Trinajstić information content (AvgIpc) is 2.65. The summed E-state index contributed by atoms with van der Waals surface area (Å²) in [5, 5.41) is 2.98. The van der Waals surface area contributed by atoms with E-state index >= 15 is 0 Å². The van der Waals surface area contributed by atoms with Crippen molar-refractivity contribution in [3.05, 3.63) is 17.7 Å². The third-order valence-corrected chi connectivity index (χ3v) is 4.98. The second-order valence-electron chi connectivity index (χ2n) is 6.54. The Hall–Kier alpha value is -1.46. The highest BCUT2D eigenvalue weighted by atomic mass is 19.4. The molecule has 1 aliphatic carbocycles. The molecule has 112 valence electrons. The molecule has 3 N–H and O–H groups in total. The largest absolute Gasteiger partial charge is 0.416 e. The first-order valence-electron chi connectivity index (χ1n) is 6.55. The highest BCUT2D eigenvalue weighted by Gasteiger charge is 2.64. The lowest BCUT2D eigenvalue weighted by Crippen LogP contribution is -2.12. The molecule has 1 fully saturated rings. The molecule has 1 saturated carbocycles. The normalized spacial score (nSPS) is 20.8. The van der Waals surface area contributed by atoms with E-state index in [4.69, 9.17) is 5.73 Å². The summed E-state index contributed by atoms with van der Waals surface area (Å²) in [5.41, 5.74) is 5.01. The van der Waals surface area contributed by atoms with Gasteiger partial charge in [-0.3, -0.25) is 0 Å². The Balaban J connectivity index is 2.10. The number of anilines is 2. The molecule has 0 spiro atoms. The molecule has 3 nitrogen and oxygen atoms in total. The van der Waals surface area contributed by atoms with Crippen molar-refractivity contribution in [3.63, 3.8) is 0 Å². The number of nitrogens with one attached hydrogen (secondary N) is 1. The highest BCUT2D eigenvalue weighted by Crippen LogP contribution is 2.68. The van der Waals surface area contributed by atoms with Crippen LogP contribution in [0.1, 0.15) is 33.3 Å². The van der Waals surface area contributed by atoms with Crippen LogP contribution in [0.5, 0.6) is 0 Å². The quantitative estimate of drug-likeness (QED) is 0.889. The fourth-order valence-corrected chi connectivity index (χ4v) is 2.86. The Kier molecular flexibility index (Phi) is 3.19. The van der Waals surface area contributed by atoms with Gasteiger partial charge in [0, 0.05) is 6.54 Å². The molecule has 0 atom stereocenters. The Morgan fingerprint density at radius 1 is 1.20 bits per heavy atom. The van der Waals surface area contributed by atoms with Gasteiger partial charge >= 0.3 is 6.18 Å². The van der Waals surface area contributed by atoms with Gasteiger partial charge in [-0.15, -0.1) is 0 Å². The van der Waals surface area contributed by atoms with Gasteiger partial charge in [0.05, 0.1) is 5.56 Å². The first kappa shape index (κ1) is 14.9. The predicted molar refractivity (Wildman–Crippen MR) is 73.2 cm³/mol. The van der Waals surface area contributed by atoms with E-state index in [0.717, 1.165) is 12.1 Å². The van der Waals surface area contributed by atoms with Gasteiger partial charge in [0.1, 0.15) is 11.6 Å². The Bertz CT molecular complexity index is 507. The molecule has 1 aromatic heterocycles. The summed E-state index contributed by atoms with van der Waals surface area (Å²) in [6.07, 6.45) is -4.41. The van der Waals surface area contributed by atoms with Gasteiger partial charge < -0.3 is 11.1 Å². The molecule has 0 aromatic carbocycles. The molecule has 0 radical (unpaired) electrons. The highest BCUT2D eigenvalue weighted by molar-refractivity contribution is 5.47. The third kappa shape index (κ3) is 2.43. The molecule has 0 amide bonds. The molecular formula is C14H20F3N3. The van der Waals surface area contributed by atoms with E-state index in [0.29, 0.717) is 12.5 Å². The Labute approximate surface area is 116 Å². The van der Waals surface area contributed by atoms with Crippen LogP contribution in [0.4, 0.5) is 24.8 Å². The van der Waals surface area contributed by atoms with Gasteiger partial charge in [-0.1, -0.05) is 27.7 Å². The first-order chi connectivity index (χ1) is 8.96. The maximum atomic E-state index is 12.7. The zero-order valence-electron chi connectivity index (χ0n) is 12.1. The average molecular weight is 287 g/mol. The number of halogens is 3. The van der Waals surface area contributed by atoms with Crippen LogP contribution in [-0.2, 0) is 6.18 Å². The number of alkyl halides is 3. The van der Waals surface area contributed by atoms with Gasteiger partial charge in [-0.05, 0) is 28.9 Å². The van der Waals surface area contributed by atoms with E-state index < -0.39 is 11.7 Å². The van der Waals surface area contributed by atoms with Gasteiger partial charge in [0.2, 0.25) is 0 Å². The number of aromatic nitrogens is 1. The topological polar surface area (TPSA) is 50.9 Å². The lowest BCUT2D eigenvalue weighted by molar-refractivity contribution is -0.137. The third-order valence-electron chi connectivity index (χ3n) is 4.98. The maximum Gasteiger partial charge on any atom is 0.416 e. The number of rotatable bonds is 3. The molecular weight excluding hydrogens is 267 g/mol. The van der Waals surface area contributed by atoms with Crippen molar-refractivity contribution < 1.29 is 13.2 Å². The summed E-state index contributed by atoms with van der Waals surface area (Å²) >= 11 is 0. The number of hydrogen-bond donors (Lipinski definition) is 2. The maximum absolute atomic E-state index is 12.7. The van der Waals surface area contributed by atoms with Gasteiger partial charge in [-0.2, -0.15) is 13.2 Å². The van der Waals surface area contributed by atoms with Crippen LogP contribution in [0.25, 0.3) is 0 Å². The van der Waals surface area contributed by atoms with E-state index in [2.05, 4.69) is 38.0 Å². The molecule has 0 bridgehead atoms. The molecule has 0 aliphatic heterocycles. The predicted octanol–water partition coefficient (Wildman–Crippen LogP) is 3.78. The second-order valence-corrected chi connectivity index (χ2v) is 6.54. The number of nitrogen functional groups attached to an aromatic ring is 1. The van der Waals surface area contributed by atoms with Crippen LogP contribution < -0.4 is 11.1 Å². The lowest BCUT2D eigenvalue weighted by atomic mass is 10.0. The monoisotopic (exact) mass is 287 g/mol. The molecule has 1 aliphatic rings. The fourth-order valence-electron chi connectivity index (χ4n) is 2.86. The molecule has 1 aromatic rings. The van der Waals surface area contributed by atoms with E-state index in [1.807, 2.05) is 0 Å². The molecule has 1 heterocycles. The van der Waals surface area contributed by atoms with Crippen molar-refractivity contribution >= 4 is 11.6 Å². The van der Waals surface area contributed by atoms with E-state index in [1.165, 1.54) is 0 Å². The van der Waals surface area contributed by atoms with Crippen molar-refractivity contribution in [1.82, 2.24) is 4.98 Å². The molecule has 2 rings (SSSR count). The SMILES string of the molecule is CC1(C)C(CNc2cc(C(F)(F)F)cc(N)n2)C1(C)C. The summed E-state index contributed by atoms with van der Waals surface area (Å²) in [7, 11) is 0. The van der Waals surface area contributed by atoms with E-state index in [-0.39, 0.29) is 22.5 Å². The van der Waals surface area contributed by atoms with Gasteiger partial charge in [0.25, 0.3) is 0 Å². The minimum Gasteiger partial charge on any atom is -0.384 e. The van der Waals surface area contributed by atoms with Gasteiger partial charge in [-0.25, -0.2) is 4.98 Å². The minimum atomic E-state index is -4.41. The summed E-state index contributed by atoms with van der Waals surface area (Å²) in [6.45, 7) is 9.23. The standard InChI is InChI=1S/C14H20F3N3/c1-12(2)9(13(12,3)4)7-19-11-6-8(14(15,16)17)5-10(18)20-11/h5-6,9H,7H2,1-4H3,(H3,18,19,20). The lowest BCUT2D eigenvalue weighted by Gasteiger charge is -2.11. The van der Waals surface area contributed by atoms with Crippen LogP contribution in [0.15, 0.2) is 12.1 Å². The fraction of sp³-hybridized carbons (Fsp3) is 0.643. The van der Waals surface area contributed by atoms with Crippen molar-refractivity contribution in [2.75, 3.05) is 17.6 Å². The Morgan fingerprint density at radius 2 is 1.75 bits per heavy atom.